The van der Waals surface area contributed by atoms with Crippen LogP contribution >= 0.6 is 0 Å². The van der Waals surface area contributed by atoms with Crippen LogP contribution in [0.3, 0.4) is 0 Å². The molecule has 1 amide bonds. The van der Waals surface area contributed by atoms with E-state index in [9.17, 15) is 27.9 Å². The van der Waals surface area contributed by atoms with Crippen molar-refractivity contribution < 1.29 is 27.9 Å². The van der Waals surface area contributed by atoms with Gasteiger partial charge in [0.15, 0.2) is 0 Å². The number of amides is 1. The number of hydrogen-bond donors (Lipinski definition) is 2. The predicted molar refractivity (Wildman–Crippen MR) is 88.3 cm³/mol. The molecule has 0 aliphatic heterocycles. The lowest BCUT2D eigenvalue weighted by molar-refractivity contribution is -0.139. The zero-order chi connectivity index (χ0) is 18.9. The van der Waals surface area contributed by atoms with E-state index in [-0.39, 0.29) is 6.42 Å². The van der Waals surface area contributed by atoms with Crippen LogP contribution in [0.15, 0.2) is 24.3 Å². The first kappa shape index (κ1) is 21.0. The second-order valence-corrected chi connectivity index (χ2v) is 5.96. The van der Waals surface area contributed by atoms with Gasteiger partial charge in [0, 0.05) is 0 Å². The first-order chi connectivity index (χ1) is 11.8. The van der Waals surface area contributed by atoms with Crippen molar-refractivity contribution in [3.05, 3.63) is 35.4 Å². The number of carbonyl (C=O) groups is 2. The Balaban J connectivity index is 2.67. The minimum absolute atomic E-state index is 0.196. The Morgan fingerprint density at radius 2 is 1.68 bits per heavy atom. The van der Waals surface area contributed by atoms with Crippen LogP contribution in [-0.4, -0.2) is 23.0 Å². The number of alkyl halides is 3. The summed E-state index contributed by atoms with van der Waals surface area (Å²) in [6.07, 6.45) is 1.22. The first-order valence-corrected chi connectivity index (χ1v) is 8.47. The maximum Gasteiger partial charge on any atom is 0.417 e. The molecule has 0 radical (unpaired) electrons. The molecule has 1 aromatic carbocycles. The van der Waals surface area contributed by atoms with Crippen molar-refractivity contribution >= 4 is 11.9 Å². The highest BCUT2D eigenvalue weighted by molar-refractivity contribution is 5.98. The quantitative estimate of drug-likeness (QED) is 0.598. The van der Waals surface area contributed by atoms with E-state index in [4.69, 9.17) is 0 Å². The first-order valence-electron chi connectivity index (χ1n) is 8.47. The number of carbonyl (C=O) groups excluding carboxylic acids is 1. The number of carboxylic acids is 1. The zero-order valence-corrected chi connectivity index (χ0v) is 14.2. The Hall–Kier alpha value is -2.05. The molecule has 1 rings (SSSR count). The summed E-state index contributed by atoms with van der Waals surface area (Å²) >= 11 is 0. The minimum Gasteiger partial charge on any atom is -0.480 e. The molecule has 0 fully saturated rings. The molecule has 4 nitrogen and oxygen atoms in total. The van der Waals surface area contributed by atoms with Crippen LogP contribution in [0, 0.1) is 0 Å². The van der Waals surface area contributed by atoms with Gasteiger partial charge in [0.2, 0.25) is 0 Å². The van der Waals surface area contributed by atoms with Crippen molar-refractivity contribution in [1.29, 1.82) is 0 Å². The van der Waals surface area contributed by atoms with Crippen LogP contribution in [0.1, 0.15) is 67.8 Å². The number of halogens is 3. The monoisotopic (exact) mass is 359 g/mol. The molecule has 0 aliphatic carbocycles. The fourth-order valence-electron chi connectivity index (χ4n) is 2.55. The number of carboxylic acid groups (broad SMARTS) is 1. The van der Waals surface area contributed by atoms with E-state index >= 15 is 0 Å². The van der Waals surface area contributed by atoms with Crippen molar-refractivity contribution in [3.63, 3.8) is 0 Å². The summed E-state index contributed by atoms with van der Waals surface area (Å²) in [6, 6.07) is 3.15. The maximum atomic E-state index is 13.0. The number of benzene rings is 1. The molecular weight excluding hydrogens is 335 g/mol. The van der Waals surface area contributed by atoms with E-state index in [1.165, 1.54) is 12.1 Å². The maximum absolute atomic E-state index is 13.0. The molecule has 1 atom stereocenters. The van der Waals surface area contributed by atoms with Gasteiger partial charge in [0.1, 0.15) is 6.04 Å². The van der Waals surface area contributed by atoms with Crippen molar-refractivity contribution in [2.75, 3.05) is 0 Å². The molecule has 0 aliphatic rings. The third kappa shape index (κ3) is 7.15. The molecule has 0 saturated heterocycles. The van der Waals surface area contributed by atoms with Crippen LogP contribution in [0.5, 0.6) is 0 Å². The van der Waals surface area contributed by atoms with E-state index in [1.807, 2.05) is 0 Å². The Morgan fingerprint density at radius 3 is 2.28 bits per heavy atom. The van der Waals surface area contributed by atoms with Crippen LogP contribution in [0.25, 0.3) is 0 Å². The number of rotatable bonds is 10. The standard InChI is InChI=1S/C18H24F3NO3/c1-2-3-4-5-6-7-12-15(17(24)25)22-16(23)13-10-8-9-11-14(13)18(19,20)21/h8-11,15H,2-7,12H2,1H3,(H,22,23)(H,24,25)/t15-/m0/s1. The second-order valence-electron chi connectivity index (χ2n) is 5.96. The summed E-state index contributed by atoms with van der Waals surface area (Å²) in [6.45, 7) is 2.09. The van der Waals surface area contributed by atoms with Gasteiger partial charge in [0.25, 0.3) is 5.91 Å². The molecule has 2 N–H and O–H groups in total. The topological polar surface area (TPSA) is 66.4 Å². The molecule has 0 heterocycles. The zero-order valence-electron chi connectivity index (χ0n) is 14.2. The second kappa shape index (κ2) is 10.1. The predicted octanol–water partition coefficient (Wildman–Crippen LogP) is 4.64. The van der Waals surface area contributed by atoms with Gasteiger partial charge in [-0.2, -0.15) is 13.2 Å². The van der Waals surface area contributed by atoms with Gasteiger partial charge >= 0.3 is 12.1 Å². The van der Waals surface area contributed by atoms with Crippen LogP contribution < -0.4 is 5.32 Å². The SMILES string of the molecule is CCCCCCCC[C@H](NC(=O)c1ccccc1C(F)(F)F)C(=O)O. The molecule has 25 heavy (non-hydrogen) atoms. The lowest BCUT2D eigenvalue weighted by Gasteiger charge is -2.17. The lowest BCUT2D eigenvalue weighted by atomic mass is 10.0. The summed E-state index contributed by atoms with van der Waals surface area (Å²) in [7, 11) is 0. The van der Waals surface area contributed by atoms with E-state index in [1.54, 1.807) is 0 Å². The molecule has 7 heteroatoms. The van der Waals surface area contributed by atoms with Gasteiger partial charge in [-0.1, -0.05) is 57.6 Å². The summed E-state index contributed by atoms with van der Waals surface area (Å²) in [5, 5.41) is 11.4. The average molecular weight is 359 g/mol. The number of nitrogens with one attached hydrogen (secondary N) is 1. The smallest absolute Gasteiger partial charge is 0.417 e. The lowest BCUT2D eigenvalue weighted by Crippen LogP contribution is -2.41. The van der Waals surface area contributed by atoms with Crippen LogP contribution in [0.4, 0.5) is 13.2 Å². The third-order valence-electron chi connectivity index (χ3n) is 3.93. The molecule has 0 saturated carbocycles. The molecule has 0 spiro atoms. The average Bonchev–Trinajstić information content (AvgIpc) is 2.55. The largest absolute Gasteiger partial charge is 0.480 e. The third-order valence-corrected chi connectivity index (χ3v) is 3.93. The molecule has 1 aromatic rings. The Morgan fingerprint density at radius 1 is 1.08 bits per heavy atom. The van der Waals surface area contributed by atoms with Gasteiger partial charge < -0.3 is 10.4 Å². The van der Waals surface area contributed by atoms with Crippen molar-refractivity contribution in [1.82, 2.24) is 5.32 Å². The fraction of sp³-hybridized carbons (Fsp3) is 0.556. The van der Waals surface area contributed by atoms with Crippen molar-refractivity contribution in [2.45, 2.75) is 64.1 Å². The Bertz CT molecular complexity index is 573. The van der Waals surface area contributed by atoms with E-state index in [0.717, 1.165) is 44.2 Å². The highest BCUT2D eigenvalue weighted by atomic mass is 19.4. The van der Waals surface area contributed by atoms with E-state index in [2.05, 4.69) is 12.2 Å². The number of hydrogen-bond acceptors (Lipinski definition) is 2. The van der Waals surface area contributed by atoms with Gasteiger partial charge in [-0.25, -0.2) is 4.79 Å². The van der Waals surface area contributed by atoms with Gasteiger partial charge in [-0.3, -0.25) is 4.79 Å². The van der Waals surface area contributed by atoms with Crippen LogP contribution in [0.2, 0.25) is 0 Å². The molecular formula is C18H24F3NO3. The highest BCUT2D eigenvalue weighted by Crippen LogP contribution is 2.31. The normalized spacial score (nSPS) is 12.6. The summed E-state index contributed by atoms with van der Waals surface area (Å²) in [5.41, 5.74) is -1.64. The Labute approximate surface area is 145 Å². The van der Waals surface area contributed by atoms with Crippen LogP contribution in [-0.2, 0) is 11.0 Å². The summed E-state index contributed by atoms with van der Waals surface area (Å²) in [5.74, 6) is -2.27. The minimum atomic E-state index is -4.67. The summed E-state index contributed by atoms with van der Waals surface area (Å²) in [4.78, 5) is 23.4. The molecule has 140 valence electrons. The van der Waals surface area contributed by atoms with Gasteiger partial charge in [-0.05, 0) is 18.6 Å². The van der Waals surface area contributed by atoms with Gasteiger partial charge in [-0.15, -0.1) is 0 Å². The molecule has 0 bridgehead atoms. The van der Waals surface area contributed by atoms with E-state index < -0.39 is 35.2 Å². The molecule has 0 aromatic heterocycles. The van der Waals surface area contributed by atoms with Crippen molar-refractivity contribution in [2.24, 2.45) is 0 Å². The van der Waals surface area contributed by atoms with E-state index in [0.29, 0.717) is 6.42 Å². The van der Waals surface area contributed by atoms with Gasteiger partial charge in [0.05, 0.1) is 11.1 Å². The molecule has 0 unspecified atom stereocenters. The number of aliphatic carboxylic acids is 1. The summed E-state index contributed by atoms with van der Waals surface area (Å²) < 4.78 is 38.9. The Kier molecular flexibility index (Phi) is 8.45. The highest BCUT2D eigenvalue weighted by Gasteiger charge is 2.35. The number of unbranched alkanes of at least 4 members (excludes halogenated alkanes) is 5. The van der Waals surface area contributed by atoms with Crippen molar-refractivity contribution in [3.8, 4) is 0 Å². The fourth-order valence-corrected chi connectivity index (χ4v) is 2.55.